The Morgan fingerprint density at radius 1 is 1.00 bits per heavy atom. The van der Waals surface area contributed by atoms with Gasteiger partial charge in [-0.3, -0.25) is 4.79 Å². The molecule has 6 heteroatoms. The number of esters is 1. The van der Waals surface area contributed by atoms with Crippen LogP contribution in [0.15, 0.2) is 62.9 Å². The van der Waals surface area contributed by atoms with Gasteiger partial charge < -0.3 is 18.6 Å². The molecule has 2 aromatic rings. The van der Waals surface area contributed by atoms with E-state index in [1.54, 1.807) is 18.2 Å². The number of benzene rings is 1. The predicted octanol–water partition coefficient (Wildman–Crippen LogP) is 6.52. The predicted molar refractivity (Wildman–Crippen MR) is 131 cm³/mol. The fraction of sp³-hybridized carbons (Fsp3) is 0.407. The molecule has 6 nitrogen and oxygen atoms in total. The third-order valence-electron chi connectivity index (χ3n) is 4.75. The van der Waals surface area contributed by atoms with Gasteiger partial charge in [-0.15, -0.1) is 0 Å². The third kappa shape index (κ3) is 8.29. The first kappa shape index (κ1) is 26.0. The highest BCUT2D eigenvalue weighted by Crippen LogP contribution is 2.39. The maximum atomic E-state index is 12.6. The Morgan fingerprint density at radius 2 is 1.79 bits per heavy atom. The van der Waals surface area contributed by atoms with Crippen molar-refractivity contribution >= 4 is 16.9 Å². The number of fused-ring (bicyclic) bond motifs is 1. The van der Waals surface area contributed by atoms with Gasteiger partial charge >= 0.3 is 11.6 Å². The van der Waals surface area contributed by atoms with Crippen LogP contribution >= 0.6 is 0 Å². The van der Waals surface area contributed by atoms with Crippen molar-refractivity contribution in [2.24, 2.45) is 0 Å². The molecular weight excluding hydrogens is 420 g/mol. The van der Waals surface area contributed by atoms with Crippen molar-refractivity contribution in [3.63, 3.8) is 0 Å². The van der Waals surface area contributed by atoms with Gasteiger partial charge in [0.2, 0.25) is 5.75 Å². The second kappa shape index (κ2) is 13.3. The van der Waals surface area contributed by atoms with Gasteiger partial charge in [0.05, 0.1) is 6.61 Å². The SMILES string of the molecule is CC/C=C/CCOc1c(OC(C)=O)c2c(OC/C=C(\C)CCC=C(C)C)cccc2oc1=O. The second-order valence-electron chi connectivity index (χ2n) is 7.97. The molecule has 2 rings (SSSR count). The molecule has 1 aromatic carbocycles. The zero-order chi connectivity index (χ0) is 24.2. The summed E-state index contributed by atoms with van der Waals surface area (Å²) in [5.74, 6) is -0.237. The average Bonchev–Trinajstić information content (AvgIpc) is 2.74. The standard InChI is InChI=1S/C27H34O6/c1-6-7-8-9-17-31-26-25(32-21(5)28)24-22(14-11-15-23(24)33-27(26)29)30-18-16-20(4)13-10-12-19(2)3/h7-8,11-12,14-16H,6,9-10,13,17-18H2,1-5H3/b8-7+,20-16+. The Balaban J connectivity index is 2.33. The molecule has 0 saturated heterocycles. The maximum Gasteiger partial charge on any atom is 0.383 e. The number of allylic oxidation sites excluding steroid dienone is 4. The highest BCUT2D eigenvalue weighted by molar-refractivity contribution is 5.93. The Kier molecular flexibility index (Phi) is 10.5. The van der Waals surface area contributed by atoms with E-state index < -0.39 is 11.6 Å². The van der Waals surface area contributed by atoms with Crippen molar-refractivity contribution in [3.8, 4) is 17.2 Å². The first-order chi connectivity index (χ1) is 15.8. The number of hydrogen-bond acceptors (Lipinski definition) is 6. The molecule has 0 fully saturated rings. The Labute approximate surface area is 195 Å². The lowest BCUT2D eigenvalue weighted by molar-refractivity contribution is -0.131. The smallest absolute Gasteiger partial charge is 0.383 e. The first-order valence-corrected chi connectivity index (χ1v) is 11.3. The maximum absolute atomic E-state index is 12.6. The molecular formula is C27H34O6. The van der Waals surface area contributed by atoms with Crippen LogP contribution in [0.1, 0.15) is 60.3 Å². The van der Waals surface area contributed by atoms with Crippen molar-refractivity contribution in [2.45, 2.75) is 60.3 Å². The molecule has 0 N–H and O–H groups in total. The number of rotatable bonds is 12. The summed E-state index contributed by atoms with van der Waals surface area (Å²) in [6.45, 7) is 10.1. The van der Waals surface area contributed by atoms with Crippen LogP contribution < -0.4 is 19.8 Å². The minimum Gasteiger partial charge on any atom is -0.489 e. The zero-order valence-electron chi connectivity index (χ0n) is 20.2. The van der Waals surface area contributed by atoms with Crippen LogP contribution in [-0.4, -0.2) is 19.2 Å². The molecule has 1 heterocycles. The van der Waals surface area contributed by atoms with Gasteiger partial charge in [0.1, 0.15) is 23.3 Å². The summed E-state index contributed by atoms with van der Waals surface area (Å²) in [5, 5.41) is 0.391. The summed E-state index contributed by atoms with van der Waals surface area (Å²) < 4.78 is 22.5. The lowest BCUT2D eigenvalue weighted by atomic mass is 10.1. The molecule has 0 amide bonds. The van der Waals surface area contributed by atoms with Crippen molar-refractivity contribution in [3.05, 3.63) is 64.1 Å². The summed E-state index contributed by atoms with van der Waals surface area (Å²) in [6.07, 6.45) is 11.7. The molecule has 0 spiro atoms. The van der Waals surface area contributed by atoms with Crippen LogP contribution in [0.5, 0.6) is 17.2 Å². The fourth-order valence-corrected chi connectivity index (χ4v) is 3.14. The Hall–Kier alpha value is -3.28. The Bertz CT molecular complexity index is 1080. The van der Waals surface area contributed by atoms with Crippen molar-refractivity contribution in [1.29, 1.82) is 0 Å². The van der Waals surface area contributed by atoms with Crippen molar-refractivity contribution in [2.75, 3.05) is 13.2 Å². The van der Waals surface area contributed by atoms with Gasteiger partial charge in [-0.1, -0.05) is 42.4 Å². The van der Waals surface area contributed by atoms with Gasteiger partial charge in [0, 0.05) is 6.92 Å². The van der Waals surface area contributed by atoms with E-state index in [0.29, 0.717) is 24.2 Å². The molecule has 0 aliphatic heterocycles. The molecule has 0 radical (unpaired) electrons. The number of ether oxygens (including phenoxy) is 3. The minimum absolute atomic E-state index is 0.0214. The molecule has 178 valence electrons. The highest BCUT2D eigenvalue weighted by atomic mass is 16.6. The normalized spacial score (nSPS) is 11.6. The van der Waals surface area contributed by atoms with Crippen LogP contribution in [0.4, 0.5) is 0 Å². The van der Waals surface area contributed by atoms with Gasteiger partial charge in [0.15, 0.2) is 5.75 Å². The van der Waals surface area contributed by atoms with Gasteiger partial charge in [-0.05, 0) is 64.7 Å². The third-order valence-corrected chi connectivity index (χ3v) is 4.75. The molecule has 0 aliphatic carbocycles. The summed E-state index contributed by atoms with van der Waals surface area (Å²) in [5.41, 5.74) is 2.07. The molecule has 0 aliphatic rings. The fourth-order valence-electron chi connectivity index (χ4n) is 3.14. The lowest BCUT2D eigenvalue weighted by Gasteiger charge is -2.14. The van der Waals surface area contributed by atoms with Gasteiger partial charge in [-0.25, -0.2) is 4.79 Å². The van der Waals surface area contributed by atoms with E-state index in [4.69, 9.17) is 18.6 Å². The first-order valence-electron chi connectivity index (χ1n) is 11.3. The monoisotopic (exact) mass is 454 g/mol. The van der Waals surface area contributed by atoms with Gasteiger partial charge in [-0.2, -0.15) is 0 Å². The lowest BCUT2D eigenvalue weighted by Crippen LogP contribution is -2.13. The second-order valence-corrected chi connectivity index (χ2v) is 7.97. The summed E-state index contributed by atoms with van der Waals surface area (Å²) in [6, 6.07) is 5.10. The van der Waals surface area contributed by atoms with E-state index in [1.807, 2.05) is 25.2 Å². The Morgan fingerprint density at radius 3 is 2.48 bits per heavy atom. The van der Waals surface area contributed by atoms with Crippen LogP contribution in [0.25, 0.3) is 11.0 Å². The highest BCUT2D eigenvalue weighted by Gasteiger charge is 2.22. The molecule has 33 heavy (non-hydrogen) atoms. The van der Waals surface area contributed by atoms with E-state index in [2.05, 4.69) is 26.8 Å². The van der Waals surface area contributed by atoms with Gasteiger partial charge in [0.25, 0.3) is 0 Å². The topological polar surface area (TPSA) is 75.0 Å². The molecule has 0 bridgehead atoms. The minimum atomic E-state index is -0.703. The van der Waals surface area contributed by atoms with E-state index in [-0.39, 0.29) is 23.7 Å². The summed E-state index contributed by atoms with van der Waals surface area (Å²) in [4.78, 5) is 24.4. The quantitative estimate of drug-likeness (QED) is 0.157. The molecule has 1 aromatic heterocycles. The van der Waals surface area contributed by atoms with E-state index in [0.717, 1.165) is 19.3 Å². The molecule has 0 unspecified atom stereocenters. The van der Waals surface area contributed by atoms with Crippen molar-refractivity contribution < 1.29 is 23.4 Å². The average molecular weight is 455 g/mol. The van der Waals surface area contributed by atoms with Crippen molar-refractivity contribution in [1.82, 2.24) is 0 Å². The molecule has 0 atom stereocenters. The number of carbonyl (C=O) groups excluding carboxylic acids is 1. The van der Waals surface area contributed by atoms with Crippen LogP contribution in [-0.2, 0) is 4.79 Å². The van der Waals surface area contributed by atoms with Crippen LogP contribution in [0, 0.1) is 0 Å². The largest absolute Gasteiger partial charge is 0.489 e. The van der Waals surface area contributed by atoms with E-state index in [9.17, 15) is 9.59 Å². The summed E-state index contributed by atoms with van der Waals surface area (Å²) in [7, 11) is 0. The van der Waals surface area contributed by atoms with Crippen LogP contribution in [0.2, 0.25) is 0 Å². The van der Waals surface area contributed by atoms with Crippen LogP contribution in [0.3, 0.4) is 0 Å². The summed E-state index contributed by atoms with van der Waals surface area (Å²) >= 11 is 0. The van der Waals surface area contributed by atoms with E-state index >= 15 is 0 Å². The van der Waals surface area contributed by atoms with E-state index in [1.165, 1.54) is 18.1 Å². The molecule has 0 saturated carbocycles. The zero-order valence-corrected chi connectivity index (χ0v) is 20.2. The number of hydrogen-bond donors (Lipinski definition) is 0. The number of carbonyl (C=O) groups is 1.